The van der Waals surface area contributed by atoms with Gasteiger partial charge < -0.3 is 15.4 Å². The van der Waals surface area contributed by atoms with Crippen LogP contribution in [0.5, 0.6) is 0 Å². The summed E-state index contributed by atoms with van der Waals surface area (Å²) in [4.78, 5) is 11.1. The van der Waals surface area contributed by atoms with Crippen LogP contribution in [0.15, 0.2) is 0 Å². The van der Waals surface area contributed by atoms with Crippen LogP contribution in [-0.2, 0) is 9.53 Å². The van der Waals surface area contributed by atoms with Gasteiger partial charge in [-0.25, -0.2) is 0 Å². The van der Waals surface area contributed by atoms with Gasteiger partial charge in [-0.05, 0) is 19.9 Å². The van der Waals surface area contributed by atoms with Crippen molar-refractivity contribution in [2.24, 2.45) is 0 Å². The van der Waals surface area contributed by atoms with Crippen molar-refractivity contribution in [1.82, 2.24) is 10.6 Å². The zero-order valence-corrected chi connectivity index (χ0v) is 9.21. The Balaban J connectivity index is 3.14. The van der Waals surface area contributed by atoms with Crippen molar-refractivity contribution in [2.75, 3.05) is 32.8 Å². The average molecular weight is 213 g/mol. The zero-order chi connectivity index (χ0) is 11.4. The van der Waals surface area contributed by atoms with Crippen molar-refractivity contribution in [3.8, 4) is 6.07 Å². The summed E-state index contributed by atoms with van der Waals surface area (Å²) in [5, 5.41) is 13.9. The molecular weight excluding hydrogens is 194 g/mol. The van der Waals surface area contributed by atoms with Crippen LogP contribution in [0, 0.1) is 11.3 Å². The number of amides is 1. The maximum atomic E-state index is 11.1. The molecule has 0 radical (unpaired) electrons. The monoisotopic (exact) mass is 213 g/mol. The number of hydrogen-bond donors (Lipinski definition) is 2. The first-order valence-corrected chi connectivity index (χ1v) is 5.23. The lowest BCUT2D eigenvalue weighted by molar-refractivity contribution is -0.120. The molecule has 5 nitrogen and oxygen atoms in total. The highest BCUT2D eigenvalue weighted by Gasteiger charge is 1.98. The van der Waals surface area contributed by atoms with E-state index >= 15 is 0 Å². The summed E-state index contributed by atoms with van der Waals surface area (Å²) in [5.41, 5.74) is 0. The molecular formula is C10H19N3O2. The fourth-order valence-corrected chi connectivity index (χ4v) is 0.966. The van der Waals surface area contributed by atoms with Gasteiger partial charge in [0.1, 0.15) is 0 Å². The number of nitrogens with zero attached hydrogens (tertiary/aromatic N) is 1. The second-order valence-electron chi connectivity index (χ2n) is 2.99. The lowest BCUT2D eigenvalue weighted by Gasteiger charge is -2.05. The lowest BCUT2D eigenvalue weighted by atomic mass is 10.4. The van der Waals surface area contributed by atoms with Crippen LogP contribution in [0.3, 0.4) is 0 Å². The molecule has 0 aliphatic heterocycles. The van der Waals surface area contributed by atoms with E-state index in [1.54, 1.807) is 0 Å². The number of hydrogen-bond acceptors (Lipinski definition) is 4. The minimum atomic E-state index is -0.0679. The fourth-order valence-electron chi connectivity index (χ4n) is 0.966. The Morgan fingerprint density at radius 2 is 2.27 bits per heavy atom. The Morgan fingerprint density at radius 3 is 2.93 bits per heavy atom. The van der Waals surface area contributed by atoms with Crippen molar-refractivity contribution in [3.63, 3.8) is 0 Å². The van der Waals surface area contributed by atoms with Gasteiger partial charge in [-0.3, -0.25) is 4.79 Å². The van der Waals surface area contributed by atoms with E-state index in [4.69, 9.17) is 10.00 Å². The molecule has 0 rings (SSSR count). The zero-order valence-electron chi connectivity index (χ0n) is 9.21. The van der Waals surface area contributed by atoms with E-state index < -0.39 is 0 Å². The summed E-state index contributed by atoms with van der Waals surface area (Å²) >= 11 is 0. The van der Waals surface area contributed by atoms with Gasteiger partial charge in [0.05, 0.1) is 19.0 Å². The minimum Gasteiger partial charge on any atom is -0.382 e. The predicted molar refractivity (Wildman–Crippen MR) is 57.2 cm³/mol. The van der Waals surface area contributed by atoms with E-state index in [-0.39, 0.29) is 5.91 Å². The van der Waals surface area contributed by atoms with Crippen molar-refractivity contribution in [1.29, 1.82) is 5.26 Å². The number of nitriles is 1. The van der Waals surface area contributed by atoms with E-state index in [2.05, 4.69) is 10.6 Å². The molecule has 0 aliphatic carbocycles. The summed E-state index contributed by atoms with van der Waals surface area (Å²) in [6.07, 6.45) is 1.26. The molecule has 0 saturated carbocycles. The molecule has 0 unspecified atom stereocenters. The number of carbonyl (C=O) groups excluding carboxylic acids is 1. The van der Waals surface area contributed by atoms with Gasteiger partial charge in [-0.1, -0.05) is 0 Å². The molecule has 0 heterocycles. The molecule has 15 heavy (non-hydrogen) atoms. The molecule has 0 fully saturated rings. The average Bonchev–Trinajstić information content (AvgIpc) is 2.23. The van der Waals surface area contributed by atoms with Crippen LogP contribution in [0.2, 0.25) is 0 Å². The van der Waals surface area contributed by atoms with Gasteiger partial charge in [-0.15, -0.1) is 0 Å². The second-order valence-corrected chi connectivity index (χ2v) is 2.99. The van der Waals surface area contributed by atoms with Crippen LogP contribution < -0.4 is 10.6 Å². The van der Waals surface area contributed by atoms with Gasteiger partial charge in [0, 0.05) is 19.8 Å². The Morgan fingerprint density at radius 1 is 1.47 bits per heavy atom. The summed E-state index contributed by atoms with van der Waals surface area (Å²) in [6, 6.07) is 1.96. The maximum Gasteiger partial charge on any atom is 0.233 e. The quantitative estimate of drug-likeness (QED) is 0.530. The van der Waals surface area contributed by atoms with Crippen LogP contribution in [-0.4, -0.2) is 38.8 Å². The molecule has 0 aliphatic rings. The minimum absolute atomic E-state index is 0.0679. The van der Waals surface area contributed by atoms with Gasteiger partial charge in [0.25, 0.3) is 0 Å². The van der Waals surface area contributed by atoms with Gasteiger partial charge >= 0.3 is 0 Å². The molecule has 0 bridgehead atoms. The number of rotatable bonds is 9. The molecule has 0 saturated heterocycles. The molecule has 1 amide bonds. The summed E-state index contributed by atoms with van der Waals surface area (Å²) in [6.45, 7) is 4.91. The summed E-state index contributed by atoms with van der Waals surface area (Å²) < 4.78 is 5.14. The number of nitrogens with one attached hydrogen (secondary N) is 2. The Kier molecular flexibility index (Phi) is 10.1. The fraction of sp³-hybridized carbons (Fsp3) is 0.800. The van der Waals surface area contributed by atoms with Crippen molar-refractivity contribution in [2.45, 2.75) is 19.8 Å². The smallest absolute Gasteiger partial charge is 0.233 e. The number of ether oxygens (including phenoxy) is 1. The van der Waals surface area contributed by atoms with Gasteiger partial charge in [0.2, 0.25) is 5.91 Å². The van der Waals surface area contributed by atoms with Crippen LogP contribution in [0.4, 0.5) is 0 Å². The van der Waals surface area contributed by atoms with Gasteiger partial charge in [0.15, 0.2) is 0 Å². The Bertz CT molecular complexity index is 201. The third-order valence-corrected chi connectivity index (χ3v) is 1.69. The standard InChI is InChI=1S/C10H19N3O2/c1-2-15-8-4-6-12-9-10(14)13-7-3-5-11/h12H,2-4,6-9H2,1H3,(H,13,14). The Hall–Kier alpha value is -1.12. The molecule has 0 aromatic rings. The Labute approximate surface area is 90.8 Å². The predicted octanol–water partition coefficient (Wildman–Crippen LogP) is 0.0325. The van der Waals surface area contributed by atoms with Crippen LogP contribution >= 0.6 is 0 Å². The summed E-state index contributed by atoms with van der Waals surface area (Å²) in [7, 11) is 0. The van der Waals surface area contributed by atoms with Crippen LogP contribution in [0.1, 0.15) is 19.8 Å². The highest BCUT2D eigenvalue weighted by molar-refractivity contribution is 5.77. The van der Waals surface area contributed by atoms with E-state index in [1.165, 1.54) is 0 Å². The van der Waals surface area contributed by atoms with Crippen molar-refractivity contribution < 1.29 is 9.53 Å². The molecule has 0 spiro atoms. The molecule has 5 heteroatoms. The largest absolute Gasteiger partial charge is 0.382 e. The second kappa shape index (κ2) is 11.0. The van der Waals surface area contributed by atoms with E-state index in [0.29, 0.717) is 19.5 Å². The van der Waals surface area contributed by atoms with Crippen LogP contribution in [0.25, 0.3) is 0 Å². The van der Waals surface area contributed by atoms with E-state index in [1.807, 2.05) is 13.0 Å². The molecule has 86 valence electrons. The molecule has 0 aromatic carbocycles. The first kappa shape index (κ1) is 13.9. The first-order valence-electron chi connectivity index (χ1n) is 5.23. The molecule has 2 N–H and O–H groups in total. The van der Waals surface area contributed by atoms with Gasteiger partial charge in [-0.2, -0.15) is 5.26 Å². The molecule has 0 aromatic heterocycles. The number of carbonyl (C=O) groups is 1. The SMILES string of the molecule is CCOCCCNCC(=O)NCCC#N. The molecule has 0 atom stereocenters. The lowest BCUT2D eigenvalue weighted by Crippen LogP contribution is -2.34. The topological polar surface area (TPSA) is 74.2 Å². The van der Waals surface area contributed by atoms with E-state index in [0.717, 1.165) is 26.2 Å². The third kappa shape index (κ3) is 10.8. The normalized spacial score (nSPS) is 9.60. The van der Waals surface area contributed by atoms with Crippen molar-refractivity contribution >= 4 is 5.91 Å². The maximum absolute atomic E-state index is 11.1. The van der Waals surface area contributed by atoms with Crippen molar-refractivity contribution in [3.05, 3.63) is 0 Å². The summed E-state index contributed by atoms with van der Waals surface area (Å²) in [5.74, 6) is -0.0679. The van der Waals surface area contributed by atoms with E-state index in [9.17, 15) is 4.79 Å². The third-order valence-electron chi connectivity index (χ3n) is 1.69. The first-order chi connectivity index (χ1) is 7.31. The highest BCUT2D eigenvalue weighted by atomic mass is 16.5. The highest BCUT2D eigenvalue weighted by Crippen LogP contribution is 1.79.